The molecule has 15 rings (SSSR count). The number of oxazole rings is 2. The van der Waals surface area contributed by atoms with Crippen molar-refractivity contribution in [1.82, 2.24) is 25.1 Å². The van der Waals surface area contributed by atoms with Gasteiger partial charge in [0, 0.05) is 44.9 Å². The maximum Gasteiger partial charge on any atom is 0.227 e. The lowest BCUT2D eigenvalue weighted by molar-refractivity contribution is 0.619. The van der Waals surface area contributed by atoms with E-state index in [9.17, 15) is 0 Å². The van der Waals surface area contributed by atoms with Gasteiger partial charge in [-0.25, -0.2) is 9.97 Å². The van der Waals surface area contributed by atoms with Crippen LogP contribution in [-0.4, -0.2) is 25.1 Å². The number of rotatable bonds is 6. The van der Waals surface area contributed by atoms with Gasteiger partial charge in [0.05, 0.1) is 6.20 Å². The Kier molecular flexibility index (Phi) is 10.6. The van der Waals surface area contributed by atoms with Crippen molar-refractivity contribution in [3.05, 3.63) is 249 Å². The molecular weight excluding hydrogens is 919 g/mol. The monoisotopic (exact) mass is 961 g/mol. The van der Waals surface area contributed by atoms with E-state index in [1.807, 2.05) is 73.9 Å². The molecule has 7 nitrogen and oxygen atoms in total. The second kappa shape index (κ2) is 18.2. The van der Waals surface area contributed by atoms with Gasteiger partial charge >= 0.3 is 0 Å². The first-order valence-corrected chi connectivity index (χ1v) is 25.0. The SMILES string of the molecule is Cc1ccc(-c2c3ccccc3c(-c3ccc(-c4nc5ccccc5o4)cc3)c3ccccc23)cn1.c1ccc2c(-c3c4ccccc4c(-c4ccc(-c5nc6ccccc6o5)cc4)c4ccccc34)nncc2c1. The van der Waals surface area contributed by atoms with Crippen LogP contribution in [0.4, 0.5) is 0 Å². The highest BCUT2D eigenvalue weighted by atomic mass is 16.4. The minimum Gasteiger partial charge on any atom is -0.436 e. The zero-order valence-corrected chi connectivity index (χ0v) is 40.6. The second-order valence-electron chi connectivity index (χ2n) is 18.8. The molecule has 0 N–H and O–H groups in total. The number of fused-ring (bicyclic) bond motifs is 7. The topological polar surface area (TPSA) is 90.7 Å². The average Bonchev–Trinajstić information content (AvgIpc) is 4.14. The van der Waals surface area contributed by atoms with E-state index in [1.165, 1.54) is 49.0 Å². The summed E-state index contributed by atoms with van der Waals surface area (Å²) in [6.07, 6.45) is 3.81. The van der Waals surface area contributed by atoms with Crippen molar-refractivity contribution in [2.45, 2.75) is 6.92 Å². The predicted molar refractivity (Wildman–Crippen MR) is 306 cm³/mol. The highest BCUT2D eigenvalue weighted by molar-refractivity contribution is 6.23. The summed E-state index contributed by atoms with van der Waals surface area (Å²) in [5.74, 6) is 1.27. The Hall–Kier alpha value is -10.1. The number of nitrogens with zero attached hydrogens (tertiary/aromatic N) is 5. The number of aryl methyl sites for hydroxylation is 1. The third-order valence-electron chi connectivity index (χ3n) is 14.3. The van der Waals surface area contributed by atoms with Gasteiger partial charge in [-0.1, -0.05) is 176 Å². The Morgan fingerprint density at radius 3 is 1.09 bits per heavy atom. The lowest BCUT2D eigenvalue weighted by Crippen LogP contribution is -1.94. The summed E-state index contributed by atoms with van der Waals surface area (Å²) in [4.78, 5) is 13.9. The van der Waals surface area contributed by atoms with Crippen LogP contribution in [-0.2, 0) is 0 Å². The van der Waals surface area contributed by atoms with Gasteiger partial charge in [-0.15, -0.1) is 5.10 Å². The normalized spacial score (nSPS) is 11.5. The lowest BCUT2D eigenvalue weighted by Gasteiger charge is -2.17. The van der Waals surface area contributed by atoms with Crippen LogP contribution in [0.5, 0.6) is 0 Å². The van der Waals surface area contributed by atoms with Crippen LogP contribution in [0.15, 0.2) is 252 Å². The molecule has 4 aromatic heterocycles. The van der Waals surface area contributed by atoms with Gasteiger partial charge < -0.3 is 8.83 Å². The summed E-state index contributed by atoms with van der Waals surface area (Å²) in [6, 6.07) is 79.8. The molecule has 0 unspecified atom stereocenters. The molecule has 352 valence electrons. The van der Waals surface area contributed by atoms with Crippen LogP contribution in [0.1, 0.15) is 5.69 Å². The molecule has 0 radical (unpaired) electrons. The number of aromatic nitrogens is 5. The van der Waals surface area contributed by atoms with Crippen LogP contribution in [0.2, 0.25) is 0 Å². The highest BCUT2D eigenvalue weighted by Crippen LogP contribution is 2.46. The largest absolute Gasteiger partial charge is 0.436 e. The molecule has 0 aliphatic carbocycles. The molecule has 75 heavy (non-hydrogen) atoms. The van der Waals surface area contributed by atoms with Gasteiger partial charge in [-0.3, -0.25) is 4.98 Å². The summed E-state index contributed by atoms with van der Waals surface area (Å²) < 4.78 is 12.0. The van der Waals surface area contributed by atoms with Crippen LogP contribution < -0.4 is 0 Å². The molecule has 4 heterocycles. The Morgan fingerprint density at radius 2 is 0.667 bits per heavy atom. The molecule has 11 aromatic carbocycles. The zero-order valence-electron chi connectivity index (χ0n) is 40.6. The molecule has 0 bridgehead atoms. The standard InChI is InChI=1S/C35H21N3O.C33H22N2O/c1-2-10-25-24(9-1)21-36-38-34(25)33-28-13-5-3-11-26(28)32(27-12-4-6-14-29(27)33)22-17-19-23(20-18-22)35-37-30-15-7-8-16-31(30)39-35;1-21-14-15-24(20-34-21)32-27-10-4-2-8-25(27)31(26-9-3-5-11-28(26)32)22-16-18-23(19-17-22)33-35-29-12-6-7-13-30(29)36-33/h1-21H;2-20H,1H3. The van der Waals surface area contributed by atoms with Crippen molar-refractivity contribution in [1.29, 1.82) is 0 Å². The fourth-order valence-corrected chi connectivity index (χ4v) is 10.8. The summed E-state index contributed by atoms with van der Waals surface area (Å²) >= 11 is 0. The Bertz CT molecular complexity index is 4470. The molecule has 0 aliphatic heterocycles. The zero-order chi connectivity index (χ0) is 49.8. The molecule has 0 saturated heterocycles. The number of hydrogen-bond acceptors (Lipinski definition) is 7. The first kappa shape index (κ1) is 43.7. The van der Waals surface area contributed by atoms with E-state index in [4.69, 9.17) is 8.83 Å². The van der Waals surface area contributed by atoms with Crippen molar-refractivity contribution in [2.75, 3.05) is 0 Å². The predicted octanol–water partition coefficient (Wildman–Crippen LogP) is 17.9. The van der Waals surface area contributed by atoms with Gasteiger partial charge in [0.1, 0.15) is 16.7 Å². The van der Waals surface area contributed by atoms with Crippen LogP contribution in [0.25, 0.3) is 144 Å². The molecule has 0 aliphatic rings. The number of hydrogen-bond donors (Lipinski definition) is 0. The number of para-hydroxylation sites is 4. The van der Waals surface area contributed by atoms with Crippen LogP contribution >= 0.6 is 0 Å². The molecule has 0 fully saturated rings. The number of benzene rings is 11. The van der Waals surface area contributed by atoms with Crippen molar-refractivity contribution >= 4 is 76.1 Å². The summed E-state index contributed by atoms with van der Waals surface area (Å²) in [6.45, 7) is 2.02. The van der Waals surface area contributed by atoms with E-state index in [2.05, 4.69) is 201 Å². The van der Waals surface area contributed by atoms with Gasteiger partial charge in [-0.2, -0.15) is 5.10 Å². The first-order chi connectivity index (χ1) is 37.1. The average molecular weight is 962 g/mol. The molecule has 0 spiro atoms. The third-order valence-corrected chi connectivity index (χ3v) is 14.3. The Balaban J connectivity index is 0.000000138. The Morgan fingerprint density at radius 1 is 0.307 bits per heavy atom. The van der Waals surface area contributed by atoms with E-state index in [0.29, 0.717) is 11.8 Å². The highest BCUT2D eigenvalue weighted by Gasteiger charge is 2.21. The lowest BCUT2D eigenvalue weighted by atomic mass is 9.86. The van der Waals surface area contributed by atoms with Crippen molar-refractivity contribution in [3.63, 3.8) is 0 Å². The minimum absolute atomic E-state index is 0.627. The van der Waals surface area contributed by atoms with Crippen LogP contribution in [0, 0.1) is 6.92 Å². The van der Waals surface area contributed by atoms with E-state index in [0.717, 1.165) is 88.5 Å². The fraction of sp³-hybridized carbons (Fsp3) is 0.0147. The molecule has 0 amide bonds. The van der Waals surface area contributed by atoms with Crippen LogP contribution in [0.3, 0.4) is 0 Å². The Labute approximate surface area is 431 Å². The van der Waals surface area contributed by atoms with E-state index >= 15 is 0 Å². The smallest absolute Gasteiger partial charge is 0.227 e. The minimum atomic E-state index is 0.627. The van der Waals surface area contributed by atoms with Gasteiger partial charge in [0.25, 0.3) is 0 Å². The number of pyridine rings is 1. The summed E-state index contributed by atoms with van der Waals surface area (Å²) in [7, 11) is 0. The molecule has 15 aromatic rings. The maximum atomic E-state index is 6.02. The van der Waals surface area contributed by atoms with E-state index < -0.39 is 0 Å². The third kappa shape index (κ3) is 7.65. The molecule has 0 atom stereocenters. The van der Waals surface area contributed by atoms with Gasteiger partial charge in [-0.05, 0) is 132 Å². The van der Waals surface area contributed by atoms with Crippen molar-refractivity contribution in [3.8, 4) is 67.5 Å². The molecular formula is C68H43N5O2. The van der Waals surface area contributed by atoms with Gasteiger partial charge in [0.2, 0.25) is 11.8 Å². The molecule has 7 heteroatoms. The second-order valence-corrected chi connectivity index (χ2v) is 18.8. The van der Waals surface area contributed by atoms with Crippen molar-refractivity contribution in [2.24, 2.45) is 0 Å². The quantitative estimate of drug-likeness (QED) is 0.153. The van der Waals surface area contributed by atoms with Gasteiger partial charge in [0.15, 0.2) is 11.2 Å². The maximum absolute atomic E-state index is 6.02. The summed E-state index contributed by atoms with van der Waals surface area (Å²) in [5.41, 5.74) is 15.3. The molecule has 0 saturated carbocycles. The van der Waals surface area contributed by atoms with Crippen molar-refractivity contribution < 1.29 is 8.83 Å². The fourth-order valence-electron chi connectivity index (χ4n) is 10.8. The van der Waals surface area contributed by atoms with E-state index in [1.54, 1.807) is 0 Å². The van der Waals surface area contributed by atoms with E-state index in [-0.39, 0.29) is 0 Å². The summed E-state index contributed by atoms with van der Waals surface area (Å²) in [5, 5.41) is 20.8. The first-order valence-electron chi connectivity index (χ1n) is 25.0.